The largest absolute Gasteiger partial charge is 0.461 e. The van der Waals surface area contributed by atoms with Gasteiger partial charge in [0.25, 0.3) is 0 Å². The fraction of sp³-hybridized carbons (Fsp3) is 0.923. The van der Waals surface area contributed by atoms with Gasteiger partial charge in [-0.05, 0) is 20.3 Å². The van der Waals surface area contributed by atoms with E-state index in [4.69, 9.17) is 27.9 Å². The number of alkyl halides is 2. The Kier molecular flexibility index (Phi) is 9.01. The first kappa shape index (κ1) is 18.0. The van der Waals surface area contributed by atoms with Gasteiger partial charge in [0, 0.05) is 0 Å². The van der Waals surface area contributed by atoms with Crippen molar-refractivity contribution in [3.63, 3.8) is 0 Å². The van der Waals surface area contributed by atoms with Crippen molar-refractivity contribution >= 4 is 29.2 Å². The van der Waals surface area contributed by atoms with Crippen molar-refractivity contribution in [2.45, 2.75) is 75.8 Å². The molecular formula is C13H24Cl2O3. The van der Waals surface area contributed by atoms with E-state index in [2.05, 4.69) is 6.92 Å². The van der Waals surface area contributed by atoms with Crippen LogP contribution in [-0.4, -0.2) is 27.6 Å². The Morgan fingerprint density at radius 1 is 1.22 bits per heavy atom. The number of unbranched alkanes of at least 4 members (excludes halogenated alkanes) is 4. The highest BCUT2D eigenvalue weighted by Gasteiger charge is 2.43. The second-order valence-corrected chi connectivity index (χ2v) is 6.18. The predicted molar refractivity (Wildman–Crippen MR) is 75.0 cm³/mol. The molecule has 1 N–H and O–H groups in total. The summed E-state index contributed by atoms with van der Waals surface area (Å²) < 4.78 is 3.05. The van der Waals surface area contributed by atoms with E-state index in [1.165, 1.54) is 6.42 Å². The zero-order valence-electron chi connectivity index (χ0n) is 11.4. The molecule has 5 heteroatoms. The SMILES string of the molecule is CCCCCCCC(O)C(Cl)(Cl)C(=O)OC(C)C. The number of aliphatic hydroxyl groups is 1. The summed E-state index contributed by atoms with van der Waals surface area (Å²) in [5.74, 6) is -0.776. The van der Waals surface area contributed by atoms with Gasteiger partial charge in [-0.15, -0.1) is 0 Å². The monoisotopic (exact) mass is 298 g/mol. The number of hydrogen-bond donors (Lipinski definition) is 1. The van der Waals surface area contributed by atoms with E-state index in [1.807, 2.05) is 0 Å². The first-order chi connectivity index (χ1) is 8.32. The van der Waals surface area contributed by atoms with Crippen LogP contribution < -0.4 is 0 Å². The molecule has 0 aliphatic carbocycles. The number of rotatable bonds is 9. The Labute approximate surface area is 120 Å². The molecule has 0 rings (SSSR count). The molecule has 0 radical (unpaired) electrons. The van der Waals surface area contributed by atoms with Crippen molar-refractivity contribution < 1.29 is 14.6 Å². The molecule has 0 heterocycles. The lowest BCUT2D eigenvalue weighted by atomic mass is 10.1. The first-order valence-corrected chi connectivity index (χ1v) is 7.34. The molecule has 3 nitrogen and oxygen atoms in total. The quantitative estimate of drug-likeness (QED) is 0.400. The number of halogens is 2. The summed E-state index contributed by atoms with van der Waals surface area (Å²) in [5, 5.41) is 9.85. The lowest BCUT2D eigenvalue weighted by Crippen LogP contribution is -2.41. The third-order valence-corrected chi connectivity index (χ3v) is 3.43. The average molecular weight is 299 g/mol. The van der Waals surface area contributed by atoms with Gasteiger partial charge in [0.1, 0.15) is 0 Å². The van der Waals surface area contributed by atoms with Gasteiger partial charge in [-0.25, -0.2) is 4.79 Å². The van der Waals surface area contributed by atoms with E-state index in [9.17, 15) is 9.90 Å². The second-order valence-electron chi connectivity index (χ2n) is 4.80. The van der Waals surface area contributed by atoms with Crippen LogP contribution in [0.15, 0.2) is 0 Å². The number of carbonyl (C=O) groups is 1. The number of esters is 1. The molecule has 0 fully saturated rings. The van der Waals surface area contributed by atoms with Gasteiger partial charge in [0.2, 0.25) is 4.33 Å². The Morgan fingerprint density at radius 3 is 2.28 bits per heavy atom. The van der Waals surface area contributed by atoms with Crippen molar-refractivity contribution in [3.05, 3.63) is 0 Å². The molecule has 0 aliphatic heterocycles. The first-order valence-electron chi connectivity index (χ1n) is 6.59. The minimum Gasteiger partial charge on any atom is -0.461 e. The summed E-state index contributed by atoms with van der Waals surface area (Å²) in [6, 6.07) is 0. The molecule has 1 unspecified atom stereocenters. The highest BCUT2D eigenvalue weighted by atomic mass is 35.5. The van der Waals surface area contributed by atoms with Crippen molar-refractivity contribution in [3.8, 4) is 0 Å². The van der Waals surface area contributed by atoms with Gasteiger partial charge in [-0.2, -0.15) is 0 Å². The lowest BCUT2D eigenvalue weighted by molar-refractivity contribution is -0.150. The van der Waals surface area contributed by atoms with Crippen LogP contribution in [0.5, 0.6) is 0 Å². The van der Waals surface area contributed by atoms with E-state index in [-0.39, 0.29) is 6.10 Å². The van der Waals surface area contributed by atoms with Crippen molar-refractivity contribution in [1.29, 1.82) is 0 Å². The molecule has 0 aromatic rings. The minimum atomic E-state index is -1.87. The van der Waals surface area contributed by atoms with Crippen molar-refractivity contribution in [1.82, 2.24) is 0 Å². The standard InChI is InChI=1S/C13H24Cl2O3/c1-4-5-6-7-8-9-11(16)13(14,15)12(17)18-10(2)3/h10-11,16H,4-9H2,1-3H3. The van der Waals surface area contributed by atoms with Crippen LogP contribution in [0.2, 0.25) is 0 Å². The minimum absolute atomic E-state index is 0.300. The third kappa shape index (κ3) is 6.81. The second kappa shape index (κ2) is 9.00. The van der Waals surface area contributed by atoms with Gasteiger partial charge >= 0.3 is 5.97 Å². The smallest absolute Gasteiger partial charge is 0.345 e. The maximum absolute atomic E-state index is 11.6. The lowest BCUT2D eigenvalue weighted by Gasteiger charge is -2.24. The topological polar surface area (TPSA) is 46.5 Å². The van der Waals surface area contributed by atoms with Crippen molar-refractivity contribution in [2.24, 2.45) is 0 Å². The molecule has 0 aliphatic rings. The number of carbonyl (C=O) groups excluding carboxylic acids is 1. The molecular weight excluding hydrogens is 275 g/mol. The van der Waals surface area contributed by atoms with Crippen LogP contribution in [0.25, 0.3) is 0 Å². The molecule has 1 atom stereocenters. The zero-order chi connectivity index (χ0) is 14.2. The maximum atomic E-state index is 11.6. The van der Waals surface area contributed by atoms with E-state index in [0.717, 1.165) is 25.7 Å². The van der Waals surface area contributed by atoms with Gasteiger partial charge < -0.3 is 9.84 Å². The summed E-state index contributed by atoms with van der Waals surface area (Å²) >= 11 is 11.7. The molecule has 0 spiro atoms. The van der Waals surface area contributed by atoms with E-state index in [1.54, 1.807) is 13.8 Å². The molecule has 0 aromatic carbocycles. The van der Waals surface area contributed by atoms with E-state index < -0.39 is 16.4 Å². The van der Waals surface area contributed by atoms with Crippen LogP contribution in [0.4, 0.5) is 0 Å². The Morgan fingerprint density at radius 2 is 1.78 bits per heavy atom. The maximum Gasteiger partial charge on any atom is 0.345 e. The molecule has 108 valence electrons. The Hall–Kier alpha value is 0.01000. The van der Waals surface area contributed by atoms with E-state index >= 15 is 0 Å². The summed E-state index contributed by atoms with van der Waals surface area (Å²) in [6.07, 6.45) is 4.29. The summed E-state index contributed by atoms with van der Waals surface area (Å²) in [4.78, 5) is 11.6. The molecule has 0 amide bonds. The molecule has 18 heavy (non-hydrogen) atoms. The van der Waals surface area contributed by atoms with Crippen LogP contribution in [0.1, 0.15) is 59.3 Å². The summed E-state index contributed by atoms with van der Waals surface area (Å²) in [7, 11) is 0. The van der Waals surface area contributed by atoms with E-state index in [0.29, 0.717) is 6.42 Å². The molecule has 0 saturated carbocycles. The van der Waals surface area contributed by atoms with Crippen molar-refractivity contribution in [2.75, 3.05) is 0 Å². The van der Waals surface area contributed by atoms with Crippen LogP contribution in [0.3, 0.4) is 0 Å². The molecule has 0 saturated heterocycles. The summed E-state index contributed by atoms with van der Waals surface area (Å²) in [6.45, 7) is 5.55. The Bertz CT molecular complexity index is 242. The number of ether oxygens (including phenoxy) is 1. The fourth-order valence-electron chi connectivity index (χ4n) is 1.55. The number of aliphatic hydroxyl groups excluding tert-OH is 1. The van der Waals surface area contributed by atoms with Gasteiger partial charge in [-0.1, -0.05) is 62.2 Å². The highest BCUT2D eigenvalue weighted by molar-refractivity contribution is 6.58. The molecule has 0 bridgehead atoms. The predicted octanol–water partition coefficient (Wildman–Crippen LogP) is 3.83. The van der Waals surface area contributed by atoms with Crippen LogP contribution in [0, 0.1) is 0 Å². The summed E-state index contributed by atoms with van der Waals surface area (Å²) in [5.41, 5.74) is 0. The van der Waals surface area contributed by atoms with Gasteiger partial charge in [0.15, 0.2) is 0 Å². The fourth-order valence-corrected chi connectivity index (χ4v) is 1.86. The molecule has 0 aromatic heterocycles. The zero-order valence-corrected chi connectivity index (χ0v) is 12.9. The normalized spacial score (nSPS) is 13.7. The third-order valence-electron chi connectivity index (χ3n) is 2.61. The van der Waals surface area contributed by atoms with Gasteiger partial charge in [0.05, 0.1) is 12.2 Å². The average Bonchev–Trinajstić information content (AvgIpc) is 2.27. The number of hydrogen-bond acceptors (Lipinski definition) is 3. The Balaban J connectivity index is 4.05. The van der Waals surface area contributed by atoms with Crippen LogP contribution in [-0.2, 0) is 9.53 Å². The van der Waals surface area contributed by atoms with Gasteiger partial charge in [-0.3, -0.25) is 0 Å². The van der Waals surface area contributed by atoms with Crippen LogP contribution >= 0.6 is 23.2 Å². The highest BCUT2D eigenvalue weighted by Crippen LogP contribution is 2.30.